The van der Waals surface area contributed by atoms with Crippen LogP contribution in [0.5, 0.6) is 0 Å². The molecule has 0 saturated carbocycles. The Kier molecular flexibility index (Phi) is 6.97. The van der Waals surface area contributed by atoms with Crippen molar-refractivity contribution in [1.29, 1.82) is 0 Å². The molecule has 0 heterocycles. The van der Waals surface area contributed by atoms with Gasteiger partial charge in [-0.05, 0) is 6.92 Å². The Morgan fingerprint density at radius 2 is 2.00 bits per heavy atom. The van der Waals surface area contributed by atoms with Crippen molar-refractivity contribution in [2.45, 2.75) is 26.4 Å². The van der Waals surface area contributed by atoms with Crippen LogP contribution >= 0.6 is 0 Å². The molecular weight excluding hydrogens is 196 g/mol. The zero-order valence-electron chi connectivity index (χ0n) is 9.23. The Morgan fingerprint density at radius 1 is 1.33 bits per heavy atom. The number of esters is 2. The van der Waals surface area contributed by atoms with E-state index in [0.29, 0.717) is 6.42 Å². The monoisotopic (exact) mass is 212 g/mol. The Labute approximate surface area is 89.6 Å². The van der Waals surface area contributed by atoms with Crippen LogP contribution in [0.1, 0.15) is 20.3 Å². The lowest BCUT2D eigenvalue weighted by Crippen LogP contribution is -2.10. The van der Waals surface area contributed by atoms with Crippen LogP contribution in [0.2, 0.25) is 0 Å². The first kappa shape index (κ1) is 13.4. The van der Waals surface area contributed by atoms with Gasteiger partial charge in [-0.25, -0.2) is 4.79 Å². The van der Waals surface area contributed by atoms with E-state index in [1.54, 1.807) is 19.1 Å². The highest BCUT2D eigenvalue weighted by molar-refractivity contribution is 5.82. The summed E-state index contributed by atoms with van der Waals surface area (Å²) in [5.41, 5.74) is 0. The smallest absolute Gasteiger partial charge is 0.330 e. The van der Waals surface area contributed by atoms with Crippen molar-refractivity contribution in [2.75, 3.05) is 7.11 Å². The van der Waals surface area contributed by atoms with Gasteiger partial charge in [0.25, 0.3) is 0 Å². The molecule has 4 nitrogen and oxygen atoms in total. The third kappa shape index (κ3) is 8.74. The van der Waals surface area contributed by atoms with Crippen LogP contribution in [0.4, 0.5) is 0 Å². The molecule has 0 N–H and O–H groups in total. The average Bonchev–Trinajstić information content (AvgIpc) is 2.15. The first-order valence-corrected chi connectivity index (χ1v) is 4.64. The first-order valence-electron chi connectivity index (χ1n) is 4.64. The van der Waals surface area contributed by atoms with Crippen LogP contribution in [0.15, 0.2) is 24.3 Å². The molecule has 0 rings (SSSR count). The number of methoxy groups -OCH3 is 1. The van der Waals surface area contributed by atoms with Gasteiger partial charge in [-0.1, -0.05) is 18.2 Å². The van der Waals surface area contributed by atoms with Crippen LogP contribution in [0, 0.1) is 0 Å². The highest BCUT2D eigenvalue weighted by atomic mass is 16.5. The molecule has 0 fully saturated rings. The molecule has 0 radical (unpaired) electrons. The third-order valence-electron chi connectivity index (χ3n) is 1.52. The summed E-state index contributed by atoms with van der Waals surface area (Å²) in [7, 11) is 1.32. The second-order valence-electron chi connectivity index (χ2n) is 2.97. The van der Waals surface area contributed by atoms with Crippen LogP contribution in [0.3, 0.4) is 0 Å². The molecule has 0 aliphatic rings. The molecule has 4 heteroatoms. The first-order chi connectivity index (χ1) is 7.06. The summed E-state index contributed by atoms with van der Waals surface area (Å²) in [6.07, 6.45) is 6.87. The lowest BCUT2D eigenvalue weighted by molar-refractivity contribution is -0.145. The van der Waals surface area contributed by atoms with Gasteiger partial charge in [0, 0.05) is 19.4 Å². The predicted molar refractivity (Wildman–Crippen MR) is 56.1 cm³/mol. The van der Waals surface area contributed by atoms with Crippen molar-refractivity contribution in [1.82, 2.24) is 0 Å². The Balaban J connectivity index is 3.75. The molecule has 0 aliphatic carbocycles. The summed E-state index contributed by atoms with van der Waals surface area (Å²) in [5, 5.41) is 0. The van der Waals surface area contributed by atoms with E-state index in [0.717, 1.165) is 0 Å². The molecule has 0 bridgehead atoms. The highest BCUT2D eigenvalue weighted by Gasteiger charge is 2.01. The van der Waals surface area contributed by atoms with E-state index in [9.17, 15) is 9.59 Å². The van der Waals surface area contributed by atoms with E-state index in [2.05, 4.69) is 4.74 Å². The quantitative estimate of drug-likeness (QED) is 0.394. The van der Waals surface area contributed by atoms with Crippen molar-refractivity contribution in [3.63, 3.8) is 0 Å². The van der Waals surface area contributed by atoms with E-state index in [1.165, 1.54) is 20.1 Å². The SMILES string of the molecule is COC(=O)/C=C/C=C/CC(C)OC(C)=O. The molecule has 1 atom stereocenters. The highest BCUT2D eigenvalue weighted by Crippen LogP contribution is 1.98. The zero-order chi connectivity index (χ0) is 11.7. The minimum absolute atomic E-state index is 0.148. The van der Waals surface area contributed by atoms with Crippen molar-refractivity contribution in [3.8, 4) is 0 Å². The molecule has 0 aliphatic heterocycles. The Bertz CT molecular complexity index is 266. The largest absolute Gasteiger partial charge is 0.466 e. The second-order valence-corrected chi connectivity index (χ2v) is 2.97. The van der Waals surface area contributed by atoms with Crippen molar-refractivity contribution >= 4 is 11.9 Å². The average molecular weight is 212 g/mol. The maximum absolute atomic E-state index is 10.6. The van der Waals surface area contributed by atoms with Gasteiger partial charge in [-0.2, -0.15) is 0 Å². The Morgan fingerprint density at radius 3 is 2.53 bits per heavy atom. The van der Waals surface area contributed by atoms with E-state index in [-0.39, 0.29) is 12.1 Å². The molecule has 15 heavy (non-hydrogen) atoms. The number of hydrogen-bond acceptors (Lipinski definition) is 4. The van der Waals surface area contributed by atoms with Crippen molar-refractivity contribution in [3.05, 3.63) is 24.3 Å². The summed E-state index contributed by atoms with van der Waals surface area (Å²) in [4.78, 5) is 21.2. The maximum Gasteiger partial charge on any atom is 0.330 e. The Hall–Kier alpha value is -1.58. The molecule has 0 amide bonds. The fourth-order valence-electron chi connectivity index (χ4n) is 0.882. The lowest BCUT2D eigenvalue weighted by Gasteiger charge is -2.07. The van der Waals surface area contributed by atoms with Crippen LogP contribution in [-0.2, 0) is 19.1 Å². The third-order valence-corrected chi connectivity index (χ3v) is 1.52. The standard InChI is InChI=1S/C11H16O4/c1-9(15-10(2)12)7-5-4-6-8-11(13)14-3/h4-6,8-9H,7H2,1-3H3/b5-4+,8-6+. The summed E-state index contributed by atoms with van der Waals surface area (Å²) in [5.74, 6) is -0.686. The molecular formula is C11H16O4. The number of carbonyl (C=O) groups is 2. The minimum atomic E-state index is -0.396. The number of rotatable bonds is 5. The molecule has 84 valence electrons. The predicted octanol–water partition coefficient (Wildman–Crippen LogP) is 1.61. The van der Waals surface area contributed by atoms with Gasteiger partial charge < -0.3 is 9.47 Å². The zero-order valence-corrected chi connectivity index (χ0v) is 9.23. The normalized spacial score (nSPS) is 13.0. The summed E-state index contributed by atoms with van der Waals surface area (Å²) >= 11 is 0. The van der Waals surface area contributed by atoms with Crippen LogP contribution in [-0.4, -0.2) is 25.2 Å². The number of carbonyl (C=O) groups excluding carboxylic acids is 2. The fourth-order valence-corrected chi connectivity index (χ4v) is 0.882. The summed E-state index contributed by atoms with van der Waals surface area (Å²) < 4.78 is 9.29. The van der Waals surface area contributed by atoms with Crippen molar-refractivity contribution < 1.29 is 19.1 Å². The molecule has 0 aromatic heterocycles. The van der Waals surface area contributed by atoms with Crippen LogP contribution in [0.25, 0.3) is 0 Å². The van der Waals surface area contributed by atoms with E-state index in [4.69, 9.17) is 4.74 Å². The number of hydrogen-bond donors (Lipinski definition) is 0. The van der Waals surface area contributed by atoms with Gasteiger partial charge in [0.2, 0.25) is 0 Å². The van der Waals surface area contributed by atoms with E-state index in [1.807, 2.05) is 6.08 Å². The van der Waals surface area contributed by atoms with Gasteiger partial charge in [0.05, 0.1) is 7.11 Å². The van der Waals surface area contributed by atoms with Gasteiger partial charge in [0.1, 0.15) is 6.10 Å². The van der Waals surface area contributed by atoms with E-state index < -0.39 is 5.97 Å². The van der Waals surface area contributed by atoms with Crippen molar-refractivity contribution in [2.24, 2.45) is 0 Å². The van der Waals surface area contributed by atoms with Gasteiger partial charge in [-0.3, -0.25) is 4.79 Å². The number of allylic oxidation sites excluding steroid dienone is 2. The molecule has 0 spiro atoms. The maximum atomic E-state index is 10.6. The summed E-state index contributed by atoms with van der Waals surface area (Å²) in [6.45, 7) is 3.17. The van der Waals surface area contributed by atoms with Gasteiger partial charge in [0.15, 0.2) is 0 Å². The van der Waals surface area contributed by atoms with E-state index >= 15 is 0 Å². The minimum Gasteiger partial charge on any atom is -0.466 e. The molecule has 0 saturated heterocycles. The molecule has 0 aromatic rings. The van der Waals surface area contributed by atoms with Gasteiger partial charge in [-0.15, -0.1) is 0 Å². The van der Waals surface area contributed by atoms with Crippen LogP contribution < -0.4 is 0 Å². The second kappa shape index (κ2) is 7.79. The fraction of sp³-hybridized carbons (Fsp3) is 0.455. The molecule has 0 aromatic carbocycles. The summed E-state index contributed by atoms with van der Waals surface area (Å²) in [6, 6.07) is 0. The topological polar surface area (TPSA) is 52.6 Å². The lowest BCUT2D eigenvalue weighted by atomic mass is 10.2. The number of ether oxygens (including phenoxy) is 2. The molecule has 1 unspecified atom stereocenters. The van der Waals surface area contributed by atoms with Gasteiger partial charge >= 0.3 is 11.9 Å².